The number of aromatic nitrogens is 5. The molecule has 0 aliphatic carbocycles. The van der Waals surface area contributed by atoms with Crippen molar-refractivity contribution in [2.45, 2.75) is 64.1 Å². The summed E-state index contributed by atoms with van der Waals surface area (Å²) in [6, 6.07) is 4.82. The van der Waals surface area contributed by atoms with Gasteiger partial charge in [-0.2, -0.15) is 5.10 Å². The van der Waals surface area contributed by atoms with Crippen molar-refractivity contribution in [2.24, 2.45) is 0 Å². The Labute approximate surface area is 199 Å². The lowest BCUT2D eigenvalue weighted by atomic mass is 9.92. The van der Waals surface area contributed by atoms with Gasteiger partial charge in [-0.3, -0.25) is 9.36 Å². The number of benzene rings is 1. The maximum absolute atomic E-state index is 14.7. The molecule has 4 aromatic rings. The fraction of sp³-hybridized carbons (Fsp3) is 0.417. The van der Waals surface area contributed by atoms with Gasteiger partial charge in [-0.05, 0) is 25.0 Å². The van der Waals surface area contributed by atoms with Gasteiger partial charge < -0.3 is 5.11 Å². The number of rotatable bonds is 11. The van der Waals surface area contributed by atoms with E-state index in [1.807, 2.05) is 6.07 Å². The summed E-state index contributed by atoms with van der Waals surface area (Å²) in [6.07, 6.45) is 10.7. The molecule has 0 saturated carbocycles. The van der Waals surface area contributed by atoms with E-state index in [4.69, 9.17) is 0 Å². The third-order valence-electron chi connectivity index (χ3n) is 5.85. The largest absolute Gasteiger partial charge is 0.381 e. The molecule has 1 N–H and O–H groups in total. The molecule has 0 aliphatic rings. The Hall–Kier alpha value is -2.98. The Kier molecular flexibility index (Phi) is 7.47. The zero-order valence-corrected chi connectivity index (χ0v) is 19.8. The topological polar surface area (TPSA) is 85.8 Å². The van der Waals surface area contributed by atoms with E-state index in [1.54, 1.807) is 0 Å². The van der Waals surface area contributed by atoms with Gasteiger partial charge in [0, 0.05) is 16.5 Å². The summed E-state index contributed by atoms with van der Waals surface area (Å²) >= 11 is 1.50. The Morgan fingerprint density at radius 1 is 1.09 bits per heavy atom. The molecule has 3 aromatic heterocycles. The van der Waals surface area contributed by atoms with E-state index in [-0.39, 0.29) is 24.2 Å². The first-order valence-electron chi connectivity index (χ1n) is 11.4. The van der Waals surface area contributed by atoms with Gasteiger partial charge in [0.25, 0.3) is 5.56 Å². The number of nitrogens with zero attached hydrogens (tertiary/aromatic N) is 5. The molecule has 1 aromatic carbocycles. The molecular weight excluding hydrogens is 460 g/mol. The predicted octanol–water partition coefficient (Wildman–Crippen LogP) is 4.43. The van der Waals surface area contributed by atoms with Crippen LogP contribution in [0.5, 0.6) is 0 Å². The van der Waals surface area contributed by atoms with E-state index in [0.29, 0.717) is 16.3 Å². The average Bonchev–Trinajstić information content (AvgIpc) is 3.45. The minimum absolute atomic E-state index is 0.144. The molecule has 0 spiro atoms. The third kappa shape index (κ3) is 5.39. The lowest BCUT2D eigenvalue weighted by Crippen LogP contribution is -2.40. The second-order valence-electron chi connectivity index (χ2n) is 8.52. The van der Waals surface area contributed by atoms with E-state index in [9.17, 15) is 18.7 Å². The summed E-state index contributed by atoms with van der Waals surface area (Å²) in [4.78, 5) is 23.2. The summed E-state index contributed by atoms with van der Waals surface area (Å²) < 4.78 is 30.8. The van der Waals surface area contributed by atoms with E-state index in [2.05, 4.69) is 22.0 Å². The van der Waals surface area contributed by atoms with Crippen LogP contribution in [0, 0.1) is 11.6 Å². The minimum atomic E-state index is -1.90. The number of hydrogen-bond acceptors (Lipinski definition) is 6. The van der Waals surface area contributed by atoms with Crippen LogP contribution in [-0.2, 0) is 25.1 Å². The van der Waals surface area contributed by atoms with Gasteiger partial charge in [0.15, 0.2) is 0 Å². The molecule has 0 radical (unpaired) electrons. The highest BCUT2D eigenvalue weighted by atomic mass is 32.1. The Morgan fingerprint density at radius 2 is 1.91 bits per heavy atom. The fourth-order valence-electron chi connectivity index (χ4n) is 4.10. The van der Waals surface area contributed by atoms with Gasteiger partial charge in [0.05, 0.1) is 24.8 Å². The van der Waals surface area contributed by atoms with Crippen molar-refractivity contribution < 1.29 is 13.9 Å². The molecule has 0 saturated heterocycles. The van der Waals surface area contributed by atoms with Crippen molar-refractivity contribution >= 4 is 21.6 Å². The monoisotopic (exact) mass is 487 g/mol. The lowest BCUT2D eigenvalue weighted by molar-refractivity contribution is -0.00640. The van der Waals surface area contributed by atoms with Crippen LogP contribution in [0.1, 0.15) is 49.5 Å². The SMILES string of the molecule is CCCCCCCc1cc2c(=O)n(C[C@](O)(Cn3cncn3)c3ccc(F)cc3F)cnc2s1. The van der Waals surface area contributed by atoms with Crippen LogP contribution in [0.25, 0.3) is 10.2 Å². The van der Waals surface area contributed by atoms with Gasteiger partial charge in [0.2, 0.25) is 0 Å². The number of hydrogen-bond donors (Lipinski definition) is 1. The Morgan fingerprint density at radius 3 is 2.65 bits per heavy atom. The number of thiophene rings is 1. The zero-order valence-electron chi connectivity index (χ0n) is 19.0. The minimum Gasteiger partial charge on any atom is -0.381 e. The molecular formula is C24H27F2N5O2S. The fourth-order valence-corrected chi connectivity index (χ4v) is 5.13. The van der Waals surface area contributed by atoms with Crippen LogP contribution in [0.4, 0.5) is 8.78 Å². The first kappa shape index (κ1) is 24.2. The summed E-state index contributed by atoms with van der Waals surface area (Å²) in [6.45, 7) is 1.70. The maximum Gasteiger partial charge on any atom is 0.262 e. The van der Waals surface area contributed by atoms with Crippen LogP contribution in [-0.4, -0.2) is 29.4 Å². The van der Waals surface area contributed by atoms with Crippen LogP contribution in [0.3, 0.4) is 0 Å². The van der Waals surface area contributed by atoms with Crippen molar-refractivity contribution in [1.29, 1.82) is 0 Å². The van der Waals surface area contributed by atoms with Crippen molar-refractivity contribution in [1.82, 2.24) is 24.3 Å². The quantitative estimate of drug-likeness (QED) is 0.317. The number of halogens is 2. The lowest BCUT2D eigenvalue weighted by Gasteiger charge is -2.29. The number of fused-ring (bicyclic) bond motifs is 1. The second kappa shape index (κ2) is 10.5. The third-order valence-corrected chi connectivity index (χ3v) is 6.95. The first-order chi connectivity index (χ1) is 16.4. The van der Waals surface area contributed by atoms with Crippen LogP contribution >= 0.6 is 11.3 Å². The molecule has 10 heteroatoms. The highest BCUT2D eigenvalue weighted by molar-refractivity contribution is 7.18. The van der Waals surface area contributed by atoms with Crippen molar-refractivity contribution in [3.8, 4) is 0 Å². The van der Waals surface area contributed by atoms with E-state index < -0.39 is 17.2 Å². The molecule has 1 atom stereocenters. The molecule has 34 heavy (non-hydrogen) atoms. The van der Waals surface area contributed by atoms with Gasteiger partial charge in [0.1, 0.15) is 34.7 Å². The highest BCUT2D eigenvalue weighted by Crippen LogP contribution is 2.29. The number of aliphatic hydroxyl groups is 1. The van der Waals surface area contributed by atoms with Crippen LogP contribution < -0.4 is 5.56 Å². The van der Waals surface area contributed by atoms with Gasteiger partial charge in [-0.25, -0.2) is 23.4 Å². The van der Waals surface area contributed by atoms with Crippen molar-refractivity contribution in [3.63, 3.8) is 0 Å². The standard InChI is InChI=1S/C24H27F2N5O2S/c1-2-3-4-5-6-7-18-11-19-22(34-18)28-16-30(23(19)32)12-24(33,13-31-15-27-14-29-31)20-9-8-17(25)10-21(20)26/h8-11,14-16,33H,2-7,12-13H2,1H3/t24-/m0/s1. The number of unbranched alkanes of at least 4 members (excludes halogenated alkanes) is 4. The maximum atomic E-state index is 14.7. The molecule has 0 bridgehead atoms. The van der Waals surface area contributed by atoms with Crippen LogP contribution in [0.2, 0.25) is 0 Å². The molecule has 0 fully saturated rings. The smallest absolute Gasteiger partial charge is 0.262 e. The summed E-state index contributed by atoms with van der Waals surface area (Å²) in [7, 11) is 0. The molecule has 0 aliphatic heterocycles. The highest BCUT2D eigenvalue weighted by Gasteiger charge is 2.34. The zero-order chi connectivity index (χ0) is 24.1. The normalized spacial score (nSPS) is 13.4. The second-order valence-corrected chi connectivity index (χ2v) is 9.64. The molecule has 0 amide bonds. The first-order valence-corrected chi connectivity index (χ1v) is 12.2. The molecule has 7 nitrogen and oxygen atoms in total. The van der Waals surface area contributed by atoms with Gasteiger partial charge in [-0.15, -0.1) is 11.3 Å². The van der Waals surface area contributed by atoms with E-state index >= 15 is 0 Å². The predicted molar refractivity (Wildman–Crippen MR) is 127 cm³/mol. The van der Waals surface area contributed by atoms with Crippen molar-refractivity contribution in [3.05, 3.63) is 75.7 Å². The average molecular weight is 488 g/mol. The summed E-state index contributed by atoms with van der Waals surface area (Å²) in [5.74, 6) is -1.67. The van der Waals surface area contributed by atoms with Crippen LogP contribution in [0.15, 0.2) is 48.0 Å². The van der Waals surface area contributed by atoms with Gasteiger partial charge >= 0.3 is 0 Å². The number of aryl methyl sites for hydroxylation is 1. The Balaban J connectivity index is 1.63. The van der Waals surface area contributed by atoms with E-state index in [0.717, 1.165) is 30.2 Å². The van der Waals surface area contributed by atoms with E-state index in [1.165, 1.54) is 64.9 Å². The van der Waals surface area contributed by atoms with Crippen molar-refractivity contribution in [2.75, 3.05) is 0 Å². The molecule has 180 valence electrons. The summed E-state index contributed by atoms with van der Waals surface area (Å²) in [5, 5.41) is 16.0. The molecule has 0 unspecified atom stereocenters. The molecule has 4 rings (SSSR count). The summed E-state index contributed by atoms with van der Waals surface area (Å²) in [5.41, 5.74) is -2.37. The van der Waals surface area contributed by atoms with Gasteiger partial charge in [-0.1, -0.05) is 38.7 Å². The Bertz CT molecular complexity index is 1300. The molecule has 3 heterocycles.